The van der Waals surface area contributed by atoms with Gasteiger partial charge in [-0.05, 0) is 43.2 Å². The number of halogens is 1. The van der Waals surface area contributed by atoms with E-state index < -0.39 is 0 Å². The first-order valence-corrected chi connectivity index (χ1v) is 8.40. The number of aromatic nitrogens is 1. The fraction of sp³-hybridized carbons (Fsp3) is 0.647. The molecule has 0 saturated heterocycles. The molecule has 21 heavy (non-hydrogen) atoms. The number of rotatable bonds is 5. The van der Waals surface area contributed by atoms with Gasteiger partial charge in [-0.1, -0.05) is 45.2 Å². The summed E-state index contributed by atoms with van der Waals surface area (Å²) in [7, 11) is 0. The van der Waals surface area contributed by atoms with Crippen molar-refractivity contribution < 1.29 is 4.79 Å². The molecule has 4 heteroatoms. The van der Waals surface area contributed by atoms with Crippen LogP contribution in [0.3, 0.4) is 0 Å². The maximum absolute atomic E-state index is 12.5. The van der Waals surface area contributed by atoms with E-state index in [2.05, 4.69) is 31.1 Å². The standard InChI is InChI=1S/C17H25ClN2O/c1-4-6-14-9-13(10-16(18)19-14)17(21)20-15-8-7-12(5-2)11(15)3/h9-12,15H,4-8H2,1-3H3,(H,20,21). The van der Waals surface area contributed by atoms with Gasteiger partial charge in [-0.15, -0.1) is 0 Å². The second-order valence-corrected chi connectivity index (χ2v) is 6.49. The average molecular weight is 309 g/mol. The van der Waals surface area contributed by atoms with Crippen LogP contribution < -0.4 is 5.32 Å². The fourth-order valence-electron chi connectivity index (χ4n) is 3.35. The molecule has 0 aromatic carbocycles. The number of hydrogen-bond acceptors (Lipinski definition) is 2. The summed E-state index contributed by atoms with van der Waals surface area (Å²) in [5, 5.41) is 3.58. The number of pyridine rings is 1. The molecule has 1 heterocycles. The number of amides is 1. The minimum Gasteiger partial charge on any atom is -0.349 e. The van der Waals surface area contributed by atoms with Gasteiger partial charge in [0.05, 0.1) is 0 Å². The van der Waals surface area contributed by atoms with Crippen molar-refractivity contribution in [3.8, 4) is 0 Å². The second kappa shape index (κ2) is 7.26. The molecule has 1 aromatic rings. The number of hydrogen-bond donors (Lipinski definition) is 1. The normalized spacial score (nSPS) is 25.0. The van der Waals surface area contributed by atoms with Crippen LogP contribution in [0.5, 0.6) is 0 Å². The van der Waals surface area contributed by atoms with Gasteiger partial charge >= 0.3 is 0 Å². The highest BCUT2D eigenvalue weighted by Gasteiger charge is 2.32. The van der Waals surface area contributed by atoms with Gasteiger partial charge in [0.15, 0.2) is 0 Å². The molecule has 116 valence electrons. The molecule has 2 rings (SSSR count). The summed E-state index contributed by atoms with van der Waals surface area (Å²) in [6.45, 7) is 6.56. The van der Waals surface area contributed by atoms with E-state index in [1.165, 1.54) is 12.8 Å². The smallest absolute Gasteiger partial charge is 0.251 e. The van der Waals surface area contributed by atoms with Crippen molar-refractivity contribution in [3.05, 3.63) is 28.5 Å². The van der Waals surface area contributed by atoms with E-state index in [1.807, 2.05) is 6.07 Å². The lowest BCUT2D eigenvalue weighted by Crippen LogP contribution is -2.37. The summed E-state index contributed by atoms with van der Waals surface area (Å²) in [4.78, 5) is 16.7. The maximum atomic E-state index is 12.5. The zero-order valence-corrected chi connectivity index (χ0v) is 13.9. The zero-order chi connectivity index (χ0) is 15.4. The Morgan fingerprint density at radius 1 is 1.38 bits per heavy atom. The van der Waals surface area contributed by atoms with E-state index in [1.54, 1.807) is 6.07 Å². The van der Waals surface area contributed by atoms with Crippen molar-refractivity contribution >= 4 is 17.5 Å². The molecule has 1 saturated carbocycles. The monoisotopic (exact) mass is 308 g/mol. The van der Waals surface area contributed by atoms with Crippen LogP contribution in [-0.4, -0.2) is 16.9 Å². The Morgan fingerprint density at radius 3 is 2.76 bits per heavy atom. The van der Waals surface area contributed by atoms with E-state index in [4.69, 9.17) is 11.6 Å². The molecule has 0 aliphatic heterocycles. The lowest BCUT2D eigenvalue weighted by atomic mass is 9.93. The summed E-state index contributed by atoms with van der Waals surface area (Å²) in [6.07, 6.45) is 5.31. The Kier molecular flexibility index (Phi) is 5.63. The lowest BCUT2D eigenvalue weighted by molar-refractivity contribution is 0.0926. The van der Waals surface area contributed by atoms with Gasteiger partial charge in [0.2, 0.25) is 0 Å². The number of nitrogens with zero attached hydrogens (tertiary/aromatic N) is 1. The van der Waals surface area contributed by atoms with Gasteiger partial charge < -0.3 is 5.32 Å². The van der Waals surface area contributed by atoms with Crippen molar-refractivity contribution in [2.24, 2.45) is 11.8 Å². The van der Waals surface area contributed by atoms with Gasteiger partial charge in [0.1, 0.15) is 5.15 Å². The first kappa shape index (κ1) is 16.3. The molecular formula is C17H25ClN2O. The predicted octanol–water partition coefficient (Wildman–Crippen LogP) is 4.24. The Balaban J connectivity index is 2.07. The molecule has 3 atom stereocenters. The van der Waals surface area contributed by atoms with E-state index in [0.29, 0.717) is 16.6 Å². The van der Waals surface area contributed by atoms with Gasteiger partial charge in [-0.2, -0.15) is 0 Å². The molecule has 1 amide bonds. The number of carbonyl (C=O) groups excluding carboxylic acids is 1. The van der Waals surface area contributed by atoms with Crippen molar-refractivity contribution in [1.29, 1.82) is 0 Å². The lowest BCUT2D eigenvalue weighted by Gasteiger charge is -2.21. The second-order valence-electron chi connectivity index (χ2n) is 6.10. The highest BCUT2D eigenvalue weighted by Crippen LogP contribution is 2.34. The summed E-state index contributed by atoms with van der Waals surface area (Å²) in [5.74, 6) is 1.25. The van der Waals surface area contributed by atoms with E-state index in [0.717, 1.165) is 30.9 Å². The molecular weight excluding hydrogens is 284 g/mol. The Hall–Kier alpha value is -1.09. The van der Waals surface area contributed by atoms with Gasteiger partial charge in [-0.3, -0.25) is 4.79 Å². The molecule has 1 N–H and O–H groups in total. The summed E-state index contributed by atoms with van der Waals surface area (Å²) in [5.41, 5.74) is 1.52. The highest BCUT2D eigenvalue weighted by molar-refractivity contribution is 6.29. The summed E-state index contributed by atoms with van der Waals surface area (Å²) >= 11 is 6.03. The van der Waals surface area contributed by atoms with Crippen LogP contribution in [0, 0.1) is 11.8 Å². The third-order valence-electron chi connectivity index (χ3n) is 4.68. The molecule has 0 bridgehead atoms. The average Bonchev–Trinajstić information content (AvgIpc) is 2.79. The van der Waals surface area contributed by atoms with Crippen LogP contribution in [0.4, 0.5) is 0 Å². The quantitative estimate of drug-likeness (QED) is 0.827. The van der Waals surface area contributed by atoms with Crippen LogP contribution >= 0.6 is 11.6 Å². The topological polar surface area (TPSA) is 42.0 Å². The molecule has 3 unspecified atom stereocenters. The Labute approximate surface area is 132 Å². The fourth-order valence-corrected chi connectivity index (χ4v) is 3.57. The first-order valence-electron chi connectivity index (χ1n) is 8.02. The summed E-state index contributed by atoms with van der Waals surface area (Å²) < 4.78 is 0. The van der Waals surface area contributed by atoms with E-state index in [9.17, 15) is 4.79 Å². The van der Waals surface area contributed by atoms with E-state index >= 15 is 0 Å². The minimum absolute atomic E-state index is 0.0229. The van der Waals surface area contributed by atoms with Crippen LogP contribution in [0.1, 0.15) is 62.5 Å². The number of nitrogens with one attached hydrogen (secondary N) is 1. The van der Waals surface area contributed by atoms with Crippen molar-refractivity contribution in [2.45, 2.75) is 58.9 Å². The number of aryl methyl sites for hydroxylation is 1. The Morgan fingerprint density at radius 2 is 2.14 bits per heavy atom. The van der Waals surface area contributed by atoms with Crippen LogP contribution in [0.25, 0.3) is 0 Å². The minimum atomic E-state index is -0.0229. The third kappa shape index (κ3) is 3.97. The van der Waals surface area contributed by atoms with Crippen LogP contribution in [0.15, 0.2) is 12.1 Å². The SMILES string of the molecule is CCCc1cc(C(=O)NC2CCC(CC)C2C)cc(Cl)n1. The highest BCUT2D eigenvalue weighted by atomic mass is 35.5. The van der Waals surface area contributed by atoms with Crippen molar-refractivity contribution in [3.63, 3.8) is 0 Å². The summed E-state index contributed by atoms with van der Waals surface area (Å²) in [6, 6.07) is 3.80. The van der Waals surface area contributed by atoms with Crippen LogP contribution in [-0.2, 0) is 6.42 Å². The maximum Gasteiger partial charge on any atom is 0.251 e. The molecule has 0 spiro atoms. The van der Waals surface area contributed by atoms with Crippen LogP contribution in [0.2, 0.25) is 5.15 Å². The molecule has 3 nitrogen and oxygen atoms in total. The first-order chi connectivity index (χ1) is 10.0. The molecule has 1 fully saturated rings. The molecule has 1 aliphatic carbocycles. The number of carbonyl (C=O) groups is 1. The molecule has 0 radical (unpaired) electrons. The molecule has 1 aliphatic rings. The zero-order valence-electron chi connectivity index (χ0n) is 13.2. The van der Waals surface area contributed by atoms with Crippen molar-refractivity contribution in [2.75, 3.05) is 0 Å². The predicted molar refractivity (Wildman–Crippen MR) is 86.7 cm³/mol. The van der Waals surface area contributed by atoms with Gasteiger partial charge in [0.25, 0.3) is 5.91 Å². The molecule has 1 aromatic heterocycles. The van der Waals surface area contributed by atoms with E-state index in [-0.39, 0.29) is 11.9 Å². The Bertz CT molecular complexity index is 504. The van der Waals surface area contributed by atoms with Gasteiger partial charge in [0, 0.05) is 17.3 Å². The van der Waals surface area contributed by atoms with Gasteiger partial charge in [-0.25, -0.2) is 4.98 Å². The van der Waals surface area contributed by atoms with Crippen molar-refractivity contribution in [1.82, 2.24) is 10.3 Å². The third-order valence-corrected chi connectivity index (χ3v) is 4.88. The largest absolute Gasteiger partial charge is 0.349 e.